The molecule has 1 atom stereocenters. The van der Waals surface area contributed by atoms with Gasteiger partial charge in [0.2, 0.25) is 5.91 Å². The topological polar surface area (TPSA) is 98.1 Å². The van der Waals surface area contributed by atoms with E-state index in [2.05, 4.69) is 10.3 Å². The summed E-state index contributed by atoms with van der Waals surface area (Å²) < 4.78 is 56.6. The number of rotatable bonds is 10. The molecule has 1 N–H and O–H groups in total. The van der Waals surface area contributed by atoms with E-state index in [1.54, 1.807) is 45.9 Å². The molecular weight excluding hydrogens is 590 g/mol. The molecule has 0 aliphatic rings. The van der Waals surface area contributed by atoms with Crippen molar-refractivity contribution >= 4 is 23.2 Å². The van der Waals surface area contributed by atoms with Crippen LogP contribution in [0.25, 0.3) is 11.4 Å². The molecule has 0 radical (unpaired) electrons. The van der Waals surface area contributed by atoms with E-state index in [9.17, 15) is 36.7 Å². The maximum atomic E-state index is 14.0. The lowest BCUT2D eigenvalue weighted by atomic mass is 9.97. The van der Waals surface area contributed by atoms with Crippen LogP contribution in [0.3, 0.4) is 0 Å². The molecule has 0 aliphatic heterocycles. The highest BCUT2D eigenvalue weighted by atomic mass is 19.4. The van der Waals surface area contributed by atoms with E-state index < -0.39 is 47.3 Å². The zero-order valence-electron chi connectivity index (χ0n) is 25.1. The quantitative estimate of drug-likeness (QED) is 0.149. The zero-order chi connectivity index (χ0) is 33.1. The van der Waals surface area contributed by atoms with Gasteiger partial charge in [-0.15, -0.1) is 0 Å². The number of Topliss-reactive ketones (excluding diaryl/α,β-unsaturated/α-hetero) is 1. The lowest BCUT2D eigenvalue weighted by molar-refractivity contribution is -0.137. The molecule has 4 rings (SSSR count). The number of nitrogens with zero attached hydrogens (tertiary/aromatic N) is 2. The third kappa shape index (κ3) is 7.25. The summed E-state index contributed by atoms with van der Waals surface area (Å²) in [5.74, 6) is -2.36. The van der Waals surface area contributed by atoms with E-state index in [1.165, 1.54) is 24.4 Å². The second-order valence-electron chi connectivity index (χ2n) is 10.7. The number of alkyl halides is 3. The molecule has 0 saturated heterocycles. The SMILES string of the molecule is CCC(=O)c1cccc(-c2ncc(NC(=O)[C@H](C)CC)c(=O)n2Cc2cc(C(=O)c3ccc(F)cc3)cc(C(F)(F)F)c2)c1C. The molecule has 0 bridgehead atoms. The molecule has 7 nitrogen and oxygen atoms in total. The van der Waals surface area contributed by atoms with Crippen LogP contribution in [0.15, 0.2) is 71.7 Å². The summed E-state index contributed by atoms with van der Waals surface area (Å²) in [6.07, 6.45) is -2.94. The number of aromatic nitrogens is 2. The van der Waals surface area contributed by atoms with Crippen molar-refractivity contribution < 1.29 is 31.9 Å². The molecule has 3 aromatic carbocycles. The molecule has 1 amide bonds. The van der Waals surface area contributed by atoms with Gasteiger partial charge in [0.1, 0.15) is 17.3 Å². The number of amides is 1. The highest BCUT2D eigenvalue weighted by Crippen LogP contribution is 2.32. The Kier molecular flexibility index (Phi) is 9.80. The molecule has 0 spiro atoms. The van der Waals surface area contributed by atoms with Crippen molar-refractivity contribution in [2.24, 2.45) is 5.92 Å². The Morgan fingerprint density at radius 3 is 2.29 bits per heavy atom. The van der Waals surface area contributed by atoms with Crippen LogP contribution in [0.5, 0.6) is 0 Å². The fourth-order valence-corrected chi connectivity index (χ4v) is 4.78. The molecule has 0 unspecified atom stereocenters. The Morgan fingerprint density at radius 2 is 1.67 bits per heavy atom. The van der Waals surface area contributed by atoms with Crippen LogP contribution in [0.1, 0.15) is 76.6 Å². The van der Waals surface area contributed by atoms with Gasteiger partial charge in [0.15, 0.2) is 11.6 Å². The highest BCUT2D eigenvalue weighted by molar-refractivity contribution is 6.09. The molecule has 11 heteroatoms. The third-order valence-electron chi connectivity index (χ3n) is 7.59. The minimum Gasteiger partial charge on any atom is -0.320 e. The van der Waals surface area contributed by atoms with Crippen LogP contribution in [0.2, 0.25) is 0 Å². The second-order valence-corrected chi connectivity index (χ2v) is 10.7. The van der Waals surface area contributed by atoms with Crippen molar-refractivity contribution in [1.82, 2.24) is 9.55 Å². The third-order valence-corrected chi connectivity index (χ3v) is 7.59. The lowest BCUT2D eigenvalue weighted by Crippen LogP contribution is -2.30. The summed E-state index contributed by atoms with van der Waals surface area (Å²) in [4.78, 5) is 56.7. The Labute approximate surface area is 256 Å². The molecule has 0 fully saturated rings. The van der Waals surface area contributed by atoms with Gasteiger partial charge in [-0.25, -0.2) is 9.37 Å². The average Bonchev–Trinajstić information content (AvgIpc) is 3.02. The fraction of sp³-hybridized carbons (Fsp3) is 0.265. The highest BCUT2D eigenvalue weighted by Gasteiger charge is 2.32. The number of carbonyl (C=O) groups is 3. The summed E-state index contributed by atoms with van der Waals surface area (Å²) in [5, 5.41) is 2.56. The van der Waals surface area contributed by atoms with E-state index in [0.717, 1.165) is 22.8 Å². The lowest BCUT2D eigenvalue weighted by Gasteiger charge is -2.19. The molecule has 0 saturated carbocycles. The number of halogens is 4. The number of ketones is 2. The summed E-state index contributed by atoms with van der Waals surface area (Å²) in [6.45, 7) is 6.40. The Morgan fingerprint density at radius 1 is 0.978 bits per heavy atom. The molecule has 0 aliphatic carbocycles. The first-order valence-corrected chi connectivity index (χ1v) is 14.3. The Hall–Kier alpha value is -4.93. The average molecular weight is 622 g/mol. The minimum atomic E-state index is -4.84. The second kappa shape index (κ2) is 13.4. The molecule has 4 aromatic rings. The Bertz CT molecular complexity index is 1830. The summed E-state index contributed by atoms with van der Waals surface area (Å²) in [7, 11) is 0. The maximum Gasteiger partial charge on any atom is 0.416 e. The minimum absolute atomic E-state index is 0.0241. The number of anilines is 1. The van der Waals surface area contributed by atoms with Gasteiger partial charge < -0.3 is 5.32 Å². The number of benzene rings is 3. The maximum absolute atomic E-state index is 14.0. The fourth-order valence-electron chi connectivity index (χ4n) is 4.78. The summed E-state index contributed by atoms with van der Waals surface area (Å²) >= 11 is 0. The van der Waals surface area contributed by atoms with E-state index in [0.29, 0.717) is 29.2 Å². The zero-order valence-corrected chi connectivity index (χ0v) is 25.1. The monoisotopic (exact) mass is 621 g/mol. The van der Waals surface area contributed by atoms with Gasteiger partial charge in [0.25, 0.3) is 5.56 Å². The molecule has 234 valence electrons. The van der Waals surface area contributed by atoms with E-state index >= 15 is 0 Å². The standard InChI is InChI=1S/C34H31F4N3O4/c1-5-19(3)32(44)40-28-17-39-31(27-9-7-8-26(20(27)4)29(42)6-2)41(33(28)45)18-21-14-23(16-24(15-21)34(36,37)38)30(43)22-10-12-25(35)13-11-22/h7-17,19H,5-6,18H2,1-4H3,(H,40,44)/t19-/m1/s1. The van der Waals surface area contributed by atoms with Crippen molar-refractivity contribution in [3.8, 4) is 11.4 Å². The summed E-state index contributed by atoms with van der Waals surface area (Å²) in [6, 6.07) is 12.0. The van der Waals surface area contributed by atoms with Crippen LogP contribution in [-0.2, 0) is 17.5 Å². The number of nitrogens with one attached hydrogen (secondary N) is 1. The van der Waals surface area contributed by atoms with Crippen molar-refractivity contribution in [3.05, 3.63) is 116 Å². The van der Waals surface area contributed by atoms with Crippen LogP contribution in [0.4, 0.5) is 23.2 Å². The summed E-state index contributed by atoms with van der Waals surface area (Å²) in [5.41, 5.74) is -1.14. The van der Waals surface area contributed by atoms with E-state index in [-0.39, 0.29) is 40.4 Å². The normalized spacial score (nSPS) is 12.1. The molecule has 1 aromatic heterocycles. The van der Waals surface area contributed by atoms with E-state index in [4.69, 9.17) is 0 Å². The van der Waals surface area contributed by atoms with Gasteiger partial charge in [-0.1, -0.05) is 39.0 Å². The van der Waals surface area contributed by atoms with Crippen LogP contribution >= 0.6 is 0 Å². The van der Waals surface area contributed by atoms with E-state index in [1.807, 2.05) is 0 Å². The number of hydrogen-bond donors (Lipinski definition) is 1. The number of hydrogen-bond acceptors (Lipinski definition) is 5. The smallest absolute Gasteiger partial charge is 0.320 e. The van der Waals surface area contributed by atoms with Crippen LogP contribution in [0, 0.1) is 18.7 Å². The predicted molar refractivity (Wildman–Crippen MR) is 162 cm³/mol. The predicted octanol–water partition coefficient (Wildman–Crippen LogP) is 7.23. The van der Waals surface area contributed by atoms with Gasteiger partial charge in [0.05, 0.1) is 18.3 Å². The van der Waals surface area contributed by atoms with Gasteiger partial charge in [-0.05, 0) is 66.9 Å². The van der Waals surface area contributed by atoms with Crippen LogP contribution < -0.4 is 10.9 Å². The first-order chi connectivity index (χ1) is 21.2. The van der Waals surface area contributed by atoms with Gasteiger partial charge in [-0.3, -0.25) is 23.7 Å². The van der Waals surface area contributed by atoms with Crippen LogP contribution in [-0.4, -0.2) is 27.0 Å². The largest absolute Gasteiger partial charge is 0.416 e. The van der Waals surface area contributed by atoms with Gasteiger partial charge in [-0.2, -0.15) is 13.2 Å². The first kappa shape index (κ1) is 33.0. The molecule has 1 heterocycles. The first-order valence-electron chi connectivity index (χ1n) is 14.3. The van der Waals surface area contributed by atoms with Crippen molar-refractivity contribution in [3.63, 3.8) is 0 Å². The van der Waals surface area contributed by atoms with Gasteiger partial charge in [0, 0.05) is 34.6 Å². The number of carbonyl (C=O) groups excluding carboxylic acids is 3. The Balaban J connectivity index is 1.92. The van der Waals surface area contributed by atoms with Crippen molar-refractivity contribution in [2.45, 2.75) is 53.3 Å². The van der Waals surface area contributed by atoms with Crippen molar-refractivity contribution in [2.75, 3.05) is 5.32 Å². The molecular formula is C34H31F4N3O4. The van der Waals surface area contributed by atoms with Gasteiger partial charge >= 0.3 is 6.18 Å². The van der Waals surface area contributed by atoms with Crippen molar-refractivity contribution in [1.29, 1.82) is 0 Å². The molecule has 45 heavy (non-hydrogen) atoms.